The molecule has 2 heteroatoms. The topological polar surface area (TPSA) is 12.0 Å². The Balaban J connectivity index is 2.57. The quantitative estimate of drug-likeness (QED) is 0.812. The highest BCUT2D eigenvalue weighted by Crippen LogP contribution is 2.41. The van der Waals surface area contributed by atoms with Crippen LogP contribution in [-0.2, 0) is 0 Å². The van der Waals surface area contributed by atoms with E-state index in [2.05, 4.69) is 45.1 Å². The normalized spacial score (nSPS) is 15.1. The van der Waals surface area contributed by atoms with Crippen molar-refractivity contribution < 1.29 is 0 Å². The molecule has 0 spiro atoms. The van der Waals surface area contributed by atoms with Crippen molar-refractivity contribution in [3.05, 3.63) is 23.3 Å². The molecule has 1 heterocycles. The number of hydrogen-bond acceptors (Lipinski definition) is 2. The largest absolute Gasteiger partial charge is 0.383 e. The van der Waals surface area contributed by atoms with Gasteiger partial charge in [0, 0.05) is 22.9 Å². The van der Waals surface area contributed by atoms with Gasteiger partial charge < -0.3 is 5.32 Å². The molecule has 1 aliphatic heterocycles. The Kier molecular flexibility index (Phi) is 3.48. The first-order valence-corrected chi connectivity index (χ1v) is 7.13. The van der Waals surface area contributed by atoms with E-state index in [1.807, 2.05) is 11.8 Å². The van der Waals surface area contributed by atoms with E-state index in [0.29, 0.717) is 11.8 Å². The van der Waals surface area contributed by atoms with E-state index >= 15 is 0 Å². The van der Waals surface area contributed by atoms with E-state index in [-0.39, 0.29) is 0 Å². The molecule has 1 N–H and O–H groups in total. The highest BCUT2D eigenvalue weighted by molar-refractivity contribution is 7.99. The minimum absolute atomic E-state index is 0.611. The smallest absolute Gasteiger partial charge is 0.0481 e. The van der Waals surface area contributed by atoms with Gasteiger partial charge in [0.15, 0.2) is 0 Å². The van der Waals surface area contributed by atoms with Gasteiger partial charge in [0.25, 0.3) is 0 Å². The van der Waals surface area contributed by atoms with Gasteiger partial charge in [-0.3, -0.25) is 0 Å². The van der Waals surface area contributed by atoms with Crippen LogP contribution in [0.1, 0.15) is 50.7 Å². The third kappa shape index (κ3) is 2.08. The number of rotatable bonds is 2. The van der Waals surface area contributed by atoms with E-state index in [1.165, 1.54) is 21.9 Å². The Hall–Kier alpha value is -0.630. The van der Waals surface area contributed by atoms with E-state index in [9.17, 15) is 0 Å². The van der Waals surface area contributed by atoms with Crippen LogP contribution in [0.2, 0.25) is 0 Å². The van der Waals surface area contributed by atoms with E-state index in [4.69, 9.17) is 0 Å². The molecule has 1 aliphatic rings. The fourth-order valence-electron chi connectivity index (χ4n) is 2.35. The SMILES string of the molecule is CC(C)c1ccc2c(c1C(C)C)SCCN2. The third-order valence-electron chi connectivity index (χ3n) is 3.09. The summed E-state index contributed by atoms with van der Waals surface area (Å²) in [7, 11) is 0. The molecule has 0 aromatic heterocycles. The van der Waals surface area contributed by atoms with Gasteiger partial charge in [-0.2, -0.15) is 0 Å². The molecule has 0 atom stereocenters. The average Bonchev–Trinajstić information content (AvgIpc) is 2.27. The lowest BCUT2D eigenvalue weighted by molar-refractivity contribution is 0.771. The van der Waals surface area contributed by atoms with Crippen LogP contribution in [0.4, 0.5) is 5.69 Å². The van der Waals surface area contributed by atoms with Crippen molar-refractivity contribution in [3.8, 4) is 0 Å². The summed E-state index contributed by atoms with van der Waals surface area (Å²) < 4.78 is 0. The molecule has 0 unspecified atom stereocenters. The van der Waals surface area contributed by atoms with Crippen molar-refractivity contribution >= 4 is 17.4 Å². The Morgan fingerprint density at radius 1 is 1.12 bits per heavy atom. The molecule has 0 fully saturated rings. The van der Waals surface area contributed by atoms with Crippen LogP contribution in [0, 0.1) is 0 Å². The number of anilines is 1. The first kappa shape index (κ1) is 11.8. The highest BCUT2D eigenvalue weighted by atomic mass is 32.2. The van der Waals surface area contributed by atoms with Gasteiger partial charge in [-0.25, -0.2) is 0 Å². The van der Waals surface area contributed by atoms with Crippen LogP contribution in [0.3, 0.4) is 0 Å². The molecule has 88 valence electrons. The summed E-state index contributed by atoms with van der Waals surface area (Å²) in [6.45, 7) is 10.3. The standard InChI is InChI=1S/C14H21NS/c1-9(2)11-5-6-12-14(13(11)10(3)4)16-8-7-15-12/h5-6,9-10,15H,7-8H2,1-4H3. The van der Waals surface area contributed by atoms with Gasteiger partial charge in [0.2, 0.25) is 0 Å². The number of fused-ring (bicyclic) bond motifs is 1. The maximum atomic E-state index is 3.50. The Labute approximate surface area is 103 Å². The fourth-order valence-corrected chi connectivity index (χ4v) is 3.56. The molecule has 0 saturated carbocycles. The number of thioether (sulfide) groups is 1. The van der Waals surface area contributed by atoms with Gasteiger partial charge >= 0.3 is 0 Å². The average molecular weight is 235 g/mol. The molecule has 1 nitrogen and oxygen atoms in total. The van der Waals surface area contributed by atoms with Crippen LogP contribution >= 0.6 is 11.8 Å². The van der Waals surface area contributed by atoms with E-state index in [1.54, 1.807) is 5.56 Å². The summed E-state index contributed by atoms with van der Waals surface area (Å²) in [4.78, 5) is 1.49. The zero-order valence-electron chi connectivity index (χ0n) is 10.6. The summed E-state index contributed by atoms with van der Waals surface area (Å²) in [5, 5.41) is 3.50. The molecule has 0 saturated heterocycles. The molecular weight excluding hydrogens is 214 g/mol. The Bertz CT molecular complexity index is 383. The summed E-state index contributed by atoms with van der Waals surface area (Å²) >= 11 is 2.01. The number of nitrogens with one attached hydrogen (secondary N) is 1. The lowest BCUT2D eigenvalue weighted by atomic mass is 9.90. The molecule has 1 aromatic rings. The second-order valence-corrected chi connectivity index (χ2v) is 6.13. The zero-order valence-corrected chi connectivity index (χ0v) is 11.4. The van der Waals surface area contributed by atoms with Crippen molar-refractivity contribution in [2.75, 3.05) is 17.6 Å². The fraction of sp³-hybridized carbons (Fsp3) is 0.571. The van der Waals surface area contributed by atoms with E-state index in [0.717, 1.165) is 6.54 Å². The monoisotopic (exact) mass is 235 g/mol. The Morgan fingerprint density at radius 2 is 1.88 bits per heavy atom. The molecule has 0 bridgehead atoms. The summed E-state index contributed by atoms with van der Waals surface area (Å²) in [6.07, 6.45) is 0. The minimum Gasteiger partial charge on any atom is -0.383 e. The predicted molar refractivity (Wildman–Crippen MR) is 73.8 cm³/mol. The van der Waals surface area contributed by atoms with Crippen LogP contribution in [-0.4, -0.2) is 12.3 Å². The maximum Gasteiger partial charge on any atom is 0.0481 e. The summed E-state index contributed by atoms with van der Waals surface area (Å²) in [5.74, 6) is 2.42. The van der Waals surface area contributed by atoms with Crippen molar-refractivity contribution in [2.45, 2.75) is 44.4 Å². The first-order chi connectivity index (χ1) is 7.61. The predicted octanol–water partition coefficient (Wildman–Crippen LogP) is 4.45. The van der Waals surface area contributed by atoms with Gasteiger partial charge in [0.05, 0.1) is 0 Å². The molecule has 0 aliphatic carbocycles. The van der Waals surface area contributed by atoms with Crippen LogP contribution in [0.25, 0.3) is 0 Å². The van der Waals surface area contributed by atoms with E-state index < -0.39 is 0 Å². The van der Waals surface area contributed by atoms with Crippen molar-refractivity contribution in [1.82, 2.24) is 0 Å². The second-order valence-electron chi connectivity index (χ2n) is 5.03. The van der Waals surface area contributed by atoms with Gasteiger partial charge in [-0.05, 0) is 29.0 Å². The highest BCUT2D eigenvalue weighted by Gasteiger charge is 2.20. The van der Waals surface area contributed by atoms with Crippen molar-refractivity contribution in [3.63, 3.8) is 0 Å². The number of benzene rings is 1. The molecule has 1 aromatic carbocycles. The lowest BCUT2D eigenvalue weighted by Crippen LogP contribution is -2.13. The number of hydrogen-bond donors (Lipinski definition) is 1. The zero-order chi connectivity index (χ0) is 11.7. The van der Waals surface area contributed by atoms with Gasteiger partial charge in [0.1, 0.15) is 0 Å². The van der Waals surface area contributed by atoms with Crippen LogP contribution in [0.5, 0.6) is 0 Å². The van der Waals surface area contributed by atoms with Crippen molar-refractivity contribution in [2.24, 2.45) is 0 Å². The molecule has 16 heavy (non-hydrogen) atoms. The third-order valence-corrected chi connectivity index (χ3v) is 4.23. The minimum atomic E-state index is 0.611. The van der Waals surface area contributed by atoms with Gasteiger partial charge in [-0.15, -0.1) is 11.8 Å². The maximum absolute atomic E-state index is 3.50. The molecular formula is C14H21NS. The van der Waals surface area contributed by atoms with Crippen LogP contribution < -0.4 is 5.32 Å². The first-order valence-electron chi connectivity index (χ1n) is 6.14. The molecule has 0 radical (unpaired) electrons. The van der Waals surface area contributed by atoms with Gasteiger partial charge in [-0.1, -0.05) is 33.8 Å². The molecule has 0 amide bonds. The summed E-state index contributed by atoms with van der Waals surface area (Å²) in [6, 6.07) is 4.56. The molecule has 2 rings (SSSR count). The Morgan fingerprint density at radius 3 is 2.50 bits per heavy atom. The van der Waals surface area contributed by atoms with Crippen LogP contribution in [0.15, 0.2) is 17.0 Å². The summed E-state index contributed by atoms with van der Waals surface area (Å²) in [5.41, 5.74) is 4.42. The lowest BCUT2D eigenvalue weighted by Gasteiger charge is -2.26. The second kappa shape index (κ2) is 4.70. The van der Waals surface area contributed by atoms with Crippen molar-refractivity contribution in [1.29, 1.82) is 0 Å².